The van der Waals surface area contributed by atoms with Gasteiger partial charge in [-0.3, -0.25) is 4.79 Å². The maximum absolute atomic E-state index is 12.1. The number of aryl methyl sites for hydroxylation is 1. The van der Waals surface area contributed by atoms with Gasteiger partial charge in [-0.2, -0.15) is 0 Å². The molecule has 0 atom stereocenters. The molecule has 2 heterocycles. The lowest BCUT2D eigenvalue weighted by molar-refractivity contribution is 0.0954. The molecular formula is C15H24N2O2S. The molecule has 1 aromatic heterocycles. The van der Waals surface area contributed by atoms with E-state index in [-0.39, 0.29) is 5.91 Å². The van der Waals surface area contributed by atoms with Crippen molar-refractivity contribution in [2.75, 3.05) is 33.3 Å². The van der Waals surface area contributed by atoms with Crippen LogP contribution in [0.4, 0.5) is 0 Å². The summed E-state index contributed by atoms with van der Waals surface area (Å²) in [6.07, 6.45) is 4.87. The molecule has 0 unspecified atom stereocenters. The first-order valence-corrected chi connectivity index (χ1v) is 8.17. The average molecular weight is 296 g/mol. The minimum absolute atomic E-state index is 0.0128. The van der Waals surface area contributed by atoms with Crippen LogP contribution in [0.15, 0.2) is 6.07 Å². The van der Waals surface area contributed by atoms with E-state index in [9.17, 15) is 4.79 Å². The standard InChI is InChI=1S/C15H24N2O2S/c1-12-11-13(19-2)14(20-12)15(18)16-7-3-4-8-17-9-5-6-10-17/h11H,3-10H2,1-2H3,(H,16,18). The van der Waals surface area contributed by atoms with E-state index in [2.05, 4.69) is 10.2 Å². The van der Waals surface area contributed by atoms with Crippen LogP contribution in [0.3, 0.4) is 0 Å². The van der Waals surface area contributed by atoms with Crippen molar-refractivity contribution < 1.29 is 9.53 Å². The summed E-state index contributed by atoms with van der Waals surface area (Å²) in [6, 6.07) is 1.91. The van der Waals surface area contributed by atoms with Crippen molar-refractivity contribution in [3.63, 3.8) is 0 Å². The van der Waals surface area contributed by atoms with Gasteiger partial charge in [-0.15, -0.1) is 11.3 Å². The second-order valence-electron chi connectivity index (χ2n) is 5.27. The maximum atomic E-state index is 12.1. The molecule has 0 radical (unpaired) electrons. The Balaban J connectivity index is 1.66. The van der Waals surface area contributed by atoms with E-state index in [1.807, 2.05) is 13.0 Å². The summed E-state index contributed by atoms with van der Waals surface area (Å²) < 4.78 is 5.23. The molecule has 1 aliphatic rings. The van der Waals surface area contributed by atoms with Crippen LogP contribution >= 0.6 is 11.3 Å². The Kier molecular flexibility index (Phi) is 5.86. The van der Waals surface area contributed by atoms with Crippen molar-refractivity contribution in [1.82, 2.24) is 10.2 Å². The molecule has 0 aliphatic carbocycles. The first-order chi connectivity index (χ1) is 9.70. The summed E-state index contributed by atoms with van der Waals surface area (Å²) in [4.78, 5) is 16.4. The molecule has 0 aromatic carbocycles. The van der Waals surface area contributed by atoms with E-state index in [4.69, 9.17) is 4.74 Å². The number of methoxy groups -OCH3 is 1. The molecular weight excluding hydrogens is 272 g/mol. The van der Waals surface area contributed by atoms with Gasteiger partial charge in [-0.05, 0) is 58.3 Å². The Labute approximate surface area is 125 Å². The topological polar surface area (TPSA) is 41.6 Å². The molecule has 1 aromatic rings. The number of hydrogen-bond acceptors (Lipinski definition) is 4. The van der Waals surface area contributed by atoms with Crippen LogP contribution in [0.5, 0.6) is 5.75 Å². The van der Waals surface area contributed by atoms with Gasteiger partial charge in [0.15, 0.2) is 0 Å². The molecule has 1 amide bonds. The average Bonchev–Trinajstić information content (AvgIpc) is 3.07. The highest BCUT2D eigenvalue weighted by atomic mass is 32.1. The van der Waals surface area contributed by atoms with Gasteiger partial charge in [0, 0.05) is 11.4 Å². The fourth-order valence-corrected chi connectivity index (χ4v) is 3.45. The van der Waals surface area contributed by atoms with Crippen LogP contribution in [0, 0.1) is 6.92 Å². The summed E-state index contributed by atoms with van der Waals surface area (Å²) >= 11 is 1.49. The molecule has 4 nitrogen and oxygen atoms in total. The second-order valence-corrected chi connectivity index (χ2v) is 6.52. The number of nitrogens with one attached hydrogen (secondary N) is 1. The molecule has 1 N–H and O–H groups in total. The number of ether oxygens (including phenoxy) is 1. The molecule has 1 aliphatic heterocycles. The lowest BCUT2D eigenvalue weighted by Crippen LogP contribution is -2.25. The van der Waals surface area contributed by atoms with E-state index in [1.165, 1.54) is 37.3 Å². The fraction of sp³-hybridized carbons (Fsp3) is 0.667. The molecule has 112 valence electrons. The number of amides is 1. The number of nitrogens with zero attached hydrogens (tertiary/aromatic N) is 1. The third kappa shape index (κ3) is 4.21. The number of thiophene rings is 1. The van der Waals surface area contributed by atoms with Crippen LogP contribution in [-0.2, 0) is 0 Å². The number of rotatable bonds is 7. The first kappa shape index (κ1) is 15.3. The van der Waals surface area contributed by atoms with Crippen LogP contribution in [0.1, 0.15) is 40.2 Å². The summed E-state index contributed by atoms with van der Waals surface area (Å²) in [5, 5.41) is 2.99. The Morgan fingerprint density at radius 3 is 2.85 bits per heavy atom. The molecule has 2 rings (SSSR count). The highest BCUT2D eigenvalue weighted by Crippen LogP contribution is 2.28. The number of carbonyl (C=O) groups is 1. The molecule has 0 saturated carbocycles. The minimum atomic E-state index is -0.0128. The predicted molar refractivity (Wildman–Crippen MR) is 82.8 cm³/mol. The van der Waals surface area contributed by atoms with E-state index in [0.29, 0.717) is 10.6 Å². The minimum Gasteiger partial charge on any atom is -0.495 e. The van der Waals surface area contributed by atoms with Gasteiger partial charge < -0.3 is 15.0 Å². The predicted octanol–water partition coefficient (Wildman–Crippen LogP) is 2.67. The van der Waals surface area contributed by atoms with Crippen molar-refractivity contribution in [3.05, 3.63) is 15.8 Å². The lowest BCUT2D eigenvalue weighted by Gasteiger charge is -2.13. The summed E-state index contributed by atoms with van der Waals surface area (Å²) in [5.74, 6) is 0.670. The van der Waals surface area contributed by atoms with Crippen molar-refractivity contribution in [2.45, 2.75) is 32.6 Å². The molecule has 5 heteroatoms. The lowest BCUT2D eigenvalue weighted by atomic mass is 10.3. The van der Waals surface area contributed by atoms with Gasteiger partial charge in [0.1, 0.15) is 10.6 Å². The Morgan fingerprint density at radius 1 is 1.40 bits per heavy atom. The zero-order valence-corrected chi connectivity index (χ0v) is 13.2. The molecule has 0 spiro atoms. The molecule has 0 bridgehead atoms. The summed E-state index contributed by atoms with van der Waals surface area (Å²) in [5.41, 5.74) is 0. The van der Waals surface area contributed by atoms with Crippen LogP contribution in [-0.4, -0.2) is 44.1 Å². The monoisotopic (exact) mass is 296 g/mol. The normalized spacial score (nSPS) is 15.5. The van der Waals surface area contributed by atoms with Crippen LogP contribution < -0.4 is 10.1 Å². The highest BCUT2D eigenvalue weighted by Gasteiger charge is 2.15. The van der Waals surface area contributed by atoms with Crippen LogP contribution in [0.25, 0.3) is 0 Å². The quantitative estimate of drug-likeness (QED) is 0.787. The van der Waals surface area contributed by atoms with Gasteiger partial charge in [-0.1, -0.05) is 0 Å². The van der Waals surface area contributed by atoms with E-state index in [1.54, 1.807) is 7.11 Å². The Bertz CT molecular complexity index is 439. The van der Waals surface area contributed by atoms with Crippen molar-refractivity contribution in [2.24, 2.45) is 0 Å². The van der Waals surface area contributed by atoms with Gasteiger partial charge in [0.05, 0.1) is 7.11 Å². The third-order valence-corrected chi connectivity index (χ3v) is 4.66. The molecule has 1 fully saturated rings. The third-order valence-electron chi connectivity index (χ3n) is 3.63. The van der Waals surface area contributed by atoms with Crippen molar-refractivity contribution in [3.8, 4) is 5.75 Å². The Morgan fingerprint density at radius 2 is 2.15 bits per heavy atom. The molecule has 1 saturated heterocycles. The zero-order chi connectivity index (χ0) is 14.4. The number of likely N-dealkylation sites (tertiary alicyclic amines) is 1. The maximum Gasteiger partial charge on any atom is 0.265 e. The van der Waals surface area contributed by atoms with E-state index < -0.39 is 0 Å². The number of hydrogen-bond donors (Lipinski definition) is 1. The zero-order valence-electron chi connectivity index (χ0n) is 12.4. The molecule has 20 heavy (non-hydrogen) atoms. The van der Waals surface area contributed by atoms with Crippen LogP contribution in [0.2, 0.25) is 0 Å². The smallest absolute Gasteiger partial charge is 0.265 e. The van der Waals surface area contributed by atoms with Gasteiger partial charge in [0.25, 0.3) is 5.91 Å². The van der Waals surface area contributed by atoms with Gasteiger partial charge >= 0.3 is 0 Å². The Hall–Kier alpha value is -1.07. The van der Waals surface area contributed by atoms with Crippen molar-refractivity contribution in [1.29, 1.82) is 0 Å². The largest absolute Gasteiger partial charge is 0.495 e. The van der Waals surface area contributed by atoms with E-state index in [0.717, 1.165) is 30.8 Å². The first-order valence-electron chi connectivity index (χ1n) is 7.35. The fourth-order valence-electron chi connectivity index (χ4n) is 2.55. The number of carbonyl (C=O) groups excluding carboxylic acids is 1. The second kappa shape index (κ2) is 7.64. The summed E-state index contributed by atoms with van der Waals surface area (Å²) in [6.45, 7) is 6.39. The van der Waals surface area contributed by atoms with Gasteiger partial charge in [0.2, 0.25) is 0 Å². The SMILES string of the molecule is COc1cc(C)sc1C(=O)NCCCCN1CCCC1. The van der Waals surface area contributed by atoms with Crippen molar-refractivity contribution >= 4 is 17.2 Å². The van der Waals surface area contributed by atoms with Gasteiger partial charge in [-0.25, -0.2) is 0 Å². The summed E-state index contributed by atoms with van der Waals surface area (Å²) in [7, 11) is 1.61. The van der Waals surface area contributed by atoms with E-state index >= 15 is 0 Å². The highest BCUT2D eigenvalue weighted by molar-refractivity contribution is 7.14. The number of unbranched alkanes of at least 4 members (excludes halogenated alkanes) is 1.